The molecule has 292 valence electrons. The lowest BCUT2D eigenvalue weighted by molar-refractivity contribution is -0.133. The van der Waals surface area contributed by atoms with Crippen molar-refractivity contribution < 1.29 is 36.6 Å². The summed E-state index contributed by atoms with van der Waals surface area (Å²) in [5, 5.41) is 14.8. The van der Waals surface area contributed by atoms with Crippen molar-refractivity contribution in [1.82, 2.24) is 19.8 Å². The van der Waals surface area contributed by atoms with Gasteiger partial charge in [-0.1, -0.05) is 6.07 Å². The van der Waals surface area contributed by atoms with E-state index in [-0.39, 0.29) is 88.8 Å². The van der Waals surface area contributed by atoms with E-state index in [1.165, 1.54) is 41.2 Å². The molecule has 3 saturated heterocycles. The van der Waals surface area contributed by atoms with Crippen LogP contribution in [0, 0.1) is 23.0 Å². The SMILES string of the molecule is N#Cc1c(N)ccc(F)c1Oc1ccc2ncn(C3COC4(CCC(N5CCC(c6ccc(NC7CCC(=O)NC7=O)cc6F)C(F)(F)C5)CC4)C3)c(=O)c2c1. The average Bonchev–Trinajstić information content (AvgIpc) is 3.57. The van der Waals surface area contributed by atoms with Gasteiger partial charge in [-0.05, 0) is 99.5 Å². The van der Waals surface area contributed by atoms with E-state index in [9.17, 15) is 24.0 Å². The number of nitrogen functional groups attached to an aromatic ring is 1. The number of alkyl halides is 2. The highest BCUT2D eigenvalue weighted by atomic mass is 19.3. The van der Waals surface area contributed by atoms with Gasteiger partial charge in [0.15, 0.2) is 11.6 Å². The molecule has 2 amide bonds. The average molecular weight is 774 g/mol. The number of halogens is 4. The number of hydrogen-bond acceptors (Lipinski definition) is 10. The molecule has 56 heavy (non-hydrogen) atoms. The molecule has 4 aromatic rings. The Morgan fingerprint density at radius 1 is 1.00 bits per heavy atom. The monoisotopic (exact) mass is 773 g/mol. The molecule has 4 fully saturated rings. The van der Waals surface area contributed by atoms with Crippen LogP contribution in [0.1, 0.15) is 74.5 Å². The second-order valence-electron chi connectivity index (χ2n) is 15.2. The number of likely N-dealkylation sites (tertiary alicyclic amines) is 1. The molecule has 12 nitrogen and oxygen atoms in total. The van der Waals surface area contributed by atoms with E-state index in [0.29, 0.717) is 44.2 Å². The molecule has 1 saturated carbocycles. The minimum Gasteiger partial charge on any atom is -0.453 e. The van der Waals surface area contributed by atoms with Crippen molar-refractivity contribution in [2.24, 2.45) is 0 Å². The number of carbonyl (C=O) groups excluding carboxylic acids is 2. The molecule has 8 rings (SSSR count). The molecule has 3 aromatic carbocycles. The Hall–Kier alpha value is -5.53. The molecular formula is C40H39F4N7O5. The van der Waals surface area contributed by atoms with Crippen LogP contribution in [-0.2, 0) is 14.3 Å². The van der Waals surface area contributed by atoms with Crippen molar-refractivity contribution >= 4 is 34.1 Å². The first-order chi connectivity index (χ1) is 26.8. The van der Waals surface area contributed by atoms with Crippen molar-refractivity contribution in [2.45, 2.75) is 86.9 Å². The van der Waals surface area contributed by atoms with Crippen molar-refractivity contribution in [3.05, 3.63) is 88.0 Å². The maximum absolute atomic E-state index is 15.8. The topological polar surface area (TPSA) is 165 Å². The second-order valence-corrected chi connectivity index (χ2v) is 15.2. The number of nitrogens with zero attached hydrogens (tertiary/aromatic N) is 4. The third-order valence-corrected chi connectivity index (χ3v) is 11.8. The summed E-state index contributed by atoms with van der Waals surface area (Å²) in [6.07, 6.45) is 4.98. The van der Waals surface area contributed by atoms with Crippen molar-refractivity contribution in [3.63, 3.8) is 0 Å². The fraction of sp³-hybridized carbons (Fsp3) is 0.425. The summed E-state index contributed by atoms with van der Waals surface area (Å²) in [5.74, 6) is -7.13. The van der Waals surface area contributed by atoms with Crippen molar-refractivity contribution in [2.75, 3.05) is 30.7 Å². The van der Waals surface area contributed by atoms with E-state index in [1.54, 1.807) is 11.0 Å². The normalized spacial score (nSPS) is 26.6. The van der Waals surface area contributed by atoms with Crippen LogP contribution in [0.3, 0.4) is 0 Å². The summed E-state index contributed by atoms with van der Waals surface area (Å²) >= 11 is 0. The summed E-state index contributed by atoms with van der Waals surface area (Å²) in [4.78, 5) is 43.6. The zero-order valence-corrected chi connectivity index (χ0v) is 30.2. The Morgan fingerprint density at radius 3 is 2.54 bits per heavy atom. The summed E-state index contributed by atoms with van der Waals surface area (Å²) in [6.45, 7) is 0.147. The molecule has 4 heterocycles. The number of rotatable bonds is 7. The summed E-state index contributed by atoms with van der Waals surface area (Å²) < 4.78 is 75.0. The molecule has 1 spiro atoms. The number of nitrogens with one attached hydrogen (secondary N) is 2. The molecule has 3 atom stereocenters. The number of carbonyl (C=O) groups is 2. The van der Waals surface area contributed by atoms with Crippen LogP contribution in [0.25, 0.3) is 10.9 Å². The summed E-state index contributed by atoms with van der Waals surface area (Å²) in [6, 6.07) is 11.6. The van der Waals surface area contributed by atoms with E-state index < -0.39 is 47.6 Å². The van der Waals surface area contributed by atoms with Gasteiger partial charge in [-0.3, -0.25) is 29.2 Å². The maximum atomic E-state index is 15.8. The highest BCUT2D eigenvalue weighted by molar-refractivity contribution is 6.01. The molecular weight excluding hydrogens is 734 g/mol. The fourth-order valence-corrected chi connectivity index (χ4v) is 8.78. The Kier molecular flexibility index (Phi) is 9.70. The number of nitriles is 1. The first kappa shape index (κ1) is 37.4. The van der Waals surface area contributed by atoms with E-state index >= 15 is 13.2 Å². The number of piperidine rings is 2. The highest BCUT2D eigenvalue weighted by Gasteiger charge is 2.50. The lowest BCUT2D eigenvalue weighted by Crippen LogP contribution is -2.53. The van der Waals surface area contributed by atoms with Crippen LogP contribution in [0.15, 0.2) is 59.7 Å². The first-order valence-electron chi connectivity index (χ1n) is 18.7. The fourth-order valence-electron chi connectivity index (χ4n) is 8.78. The number of imide groups is 1. The van der Waals surface area contributed by atoms with Gasteiger partial charge in [0.2, 0.25) is 11.8 Å². The predicted octanol–water partition coefficient (Wildman–Crippen LogP) is 5.91. The summed E-state index contributed by atoms with van der Waals surface area (Å²) in [5.41, 5.74) is 5.48. The van der Waals surface area contributed by atoms with E-state index in [2.05, 4.69) is 15.6 Å². The zero-order chi connectivity index (χ0) is 39.4. The Balaban J connectivity index is 0.892. The quantitative estimate of drug-likeness (QED) is 0.117. The molecule has 16 heteroatoms. The number of ether oxygens (including phenoxy) is 2. The van der Waals surface area contributed by atoms with E-state index in [0.717, 1.165) is 12.1 Å². The largest absolute Gasteiger partial charge is 0.453 e. The Labute approximate surface area is 318 Å². The second kappa shape index (κ2) is 14.5. The predicted molar refractivity (Wildman–Crippen MR) is 196 cm³/mol. The van der Waals surface area contributed by atoms with Gasteiger partial charge >= 0.3 is 0 Å². The number of hydrogen-bond donors (Lipinski definition) is 3. The van der Waals surface area contributed by atoms with Gasteiger partial charge < -0.3 is 20.5 Å². The van der Waals surface area contributed by atoms with E-state index in [4.69, 9.17) is 15.2 Å². The molecule has 3 unspecified atom stereocenters. The number of benzene rings is 3. The molecule has 0 radical (unpaired) electrons. The highest BCUT2D eigenvalue weighted by Crippen LogP contribution is 2.47. The molecule has 3 aliphatic heterocycles. The lowest BCUT2D eigenvalue weighted by Gasteiger charge is -2.46. The van der Waals surface area contributed by atoms with Crippen LogP contribution >= 0.6 is 0 Å². The third kappa shape index (κ3) is 7.05. The van der Waals surface area contributed by atoms with Crippen LogP contribution in [0.5, 0.6) is 11.5 Å². The zero-order valence-electron chi connectivity index (χ0n) is 30.2. The van der Waals surface area contributed by atoms with Gasteiger partial charge in [0.1, 0.15) is 29.2 Å². The number of amides is 2. The molecule has 1 aliphatic carbocycles. The van der Waals surface area contributed by atoms with Gasteiger partial charge in [0.05, 0.1) is 53.6 Å². The minimum absolute atomic E-state index is 0.0550. The van der Waals surface area contributed by atoms with Gasteiger partial charge in [0.25, 0.3) is 11.5 Å². The molecule has 4 N–H and O–H groups in total. The van der Waals surface area contributed by atoms with Gasteiger partial charge in [-0.2, -0.15) is 5.26 Å². The van der Waals surface area contributed by atoms with Gasteiger partial charge in [-0.15, -0.1) is 0 Å². The third-order valence-electron chi connectivity index (χ3n) is 11.8. The first-order valence-corrected chi connectivity index (χ1v) is 18.7. The van der Waals surface area contributed by atoms with Gasteiger partial charge in [-0.25, -0.2) is 22.5 Å². The van der Waals surface area contributed by atoms with Crippen molar-refractivity contribution in [3.8, 4) is 17.6 Å². The van der Waals surface area contributed by atoms with Crippen molar-refractivity contribution in [1.29, 1.82) is 5.26 Å². The lowest BCUT2D eigenvalue weighted by atomic mass is 9.78. The standard InChI is InChI=1S/C40H39F4N7O5/c41-30-4-5-32(46)28(18-45)36(30)56-25-2-6-33-27(16-25)38(54)51(21-47-33)24-17-39(55-19-24)12-9-23(10-13-39)50-14-11-29(40(43,44)20-50)26-3-1-22(15-31(26)42)48-34-7-8-35(52)49-37(34)53/h1-6,15-16,21,23-24,29,34,48H,7-14,17,19-20,46H2,(H,49,52,53). The number of fused-ring (bicyclic) bond motifs is 1. The minimum atomic E-state index is -3.18. The number of aromatic nitrogens is 2. The summed E-state index contributed by atoms with van der Waals surface area (Å²) in [7, 11) is 0. The Morgan fingerprint density at radius 2 is 1.80 bits per heavy atom. The molecule has 1 aromatic heterocycles. The number of anilines is 2. The van der Waals surface area contributed by atoms with Crippen LogP contribution in [0.2, 0.25) is 0 Å². The molecule has 4 aliphatic rings. The number of nitrogens with two attached hydrogens (primary N) is 1. The van der Waals surface area contributed by atoms with Crippen LogP contribution in [0.4, 0.5) is 28.9 Å². The van der Waals surface area contributed by atoms with Crippen LogP contribution < -0.4 is 26.7 Å². The van der Waals surface area contributed by atoms with Crippen LogP contribution in [-0.4, -0.2) is 69.6 Å². The Bertz CT molecular complexity index is 2320. The smallest absolute Gasteiger partial charge is 0.267 e. The van der Waals surface area contributed by atoms with Gasteiger partial charge in [0, 0.05) is 18.2 Å². The maximum Gasteiger partial charge on any atom is 0.267 e. The molecule has 0 bridgehead atoms. The van der Waals surface area contributed by atoms with E-state index in [1.807, 2.05) is 6.07 Å².